The molecule has 0 heterocycles. The van der Waals surface area contributed by atoms with Crippen LogP contribution in [-0.4, -0.2) is 38.8 Å². The molecule has 28 heavy (non-hydrogen) atoms. The second kappa shape index (κ2) is 11.1. The lowest BCUT2D eigenvalue weighted by Crippen LogP contribution is -2.26. The van der Waals surface area contributed by atoms with Gasteiger partial charge < -0.3 is 14.8 Å². The highest BCUT2D eigenvalue weighted by molar-refractivity contribution is 9.10. The molecule has 2 aromatic carbocycles. The minimum atomic E-state index is -0.230. The summed E-state index contributed by atoms with van der Waals surface area (Å²) in [6.45, 7) is 0.396. The van der Waals surface area contributed by atoms with Crippen LogP contribution in [0.25, 0.3) is 0 Å². The highest BCUT2D eigenvalue weighted by Crippen LogP contribution is 2.26. The zero-order chi connectivity index (χ0) is 20.4. The summed E-state index contributed by atoms with van der Waals surface area (Å²) in [5.41, 5.74) is 3.79. The fourth-order valence-corrected chi connectivity index (χ4v) is 2.82. The van der Waals surface area contributed by atoms with E-state index in [9.17, 15) is 9.59 Å². The Labute approximate surface area is 172 Å². The van der Waals surface area contributed by atoms with Gasteiger partial charge >= 0.3 is 0 Å². The number of carbonyl (C=O) groups is 2. The van der Waals surface area contributed by atoms with Crippen molar-refractivity contribution in [3.05, 3.63) is 58.1 Å². The summed E-state index contributed by atoms with van der Waals surface area (Å²) < 4.78 is 11.1. The number of methoxy groups -OCH3 is 2. The fourth-order valence-electron chi connectivity index (χ4n) is 2.36. The van der Waals surface area contributed by atoms with Crippen LogP contribution in [0.5, 0.6) is 11.5 Å². The van der Waals surface area contributed by atoms with Gasteiger partial charge in [-0.1, -0.05) is 12.1 Å². The average molecular weight is 448 g/mol. The first-order valence-corrected chi connectivity index (χ1v) is 9.41. The van der Waals surface area contributed by atoms with E-state index in [-0.39, 0.29) is 18.2 Å². The summed E-state index contributed by atoms with van der Waals surface area (Å²) in [6.07, 6.45) is 2.28. The second-order valence-electron chi connectivity index (χ2n) is 5.75. The lowest BCUT2D eigenvalue weighted by Gasteiger charge is -2.07. The number of hydrogen-bond donors (Lipinski definition) is 2. The summed E-state index contributed by atoms with van der Waals surface area (Å²) in [7, 11) is 3.11. The predicted molar refractivity (Wildman–Crippen MR) is 111 cm³/mol. The van der Waals surface area contributed by atoms with Crippen molar-refractivity contribution in [3.8, 4) is 11.5 Å². The maximum Gasteiger partial charge on any atom is 0.252 e. The molecule has 2 N–H and O–H groups in total. The molecule has 2 rings (SSSR count). The van der Waals surface area contributed by atoms with Gasteiger partial charge in [0.25, 0.3) is 5.91 Å². The molecule has 7 nitrogen and oxygen atoms in total. The lowest BCUT2D eigenvalue weighted by molar-refractivity contribution is -0.121. The van der Waals surface area contributed by atoms with Crippen LogP contribution in [0.3, 0.4) is 0 Å². The van der Waals surface area contributed by atoms with Gasteiger partial charge in [-0.3, -0.25) is 9.59 Å². The molecule has 0 saturated heterocycles. The van der Waals surface area contributed by atoms with E-state index in [0.717, 1.165) is 10.0 Å². The maximum atomic E-state index is 12.1. The van der Waals surface area contributed by atoms with Gasteiger partial charge in [0.1, 0.15) is 0 Å². The molecule has 0 aliphatic rings. The van der Waals surface area contributed by atoms with Crippen LogP contribution in [0.4, 0.5) is 0 Å². The molecule has 0 saturated carbocycles. The van der Waals surface area contributed by atoms with Crippen molar-refractivity contribution >= 4 is 34.0 Å². The number of carbonyl (C=O) groups excluding carboxylic acids is 2. The molecule has 0 unspecified atom stereocenters. The largest absolute Gasteiger partial charge is 0.493 e. The number of nitrogens with one attached hydrogen (secondary N) is 2. The summed E-state index contributed by atoms with van der Waals surface area (Å²) in [5, 5.41) is 6.72. The van der Waals surface area contributed by atoms with E-state index in [1.165, 1.54) is 6.21 Å². The van der Waals surface area contributed by atoms with Crippen molar-refractivity contribution in [3.63, 3.8) is 0 Å². The van der Waals surface area contributed by atoms with E-state index in [0.29, 0.717) is 30.0 Å². The second-order valence-corrected chi connectivity index (χ2v) is 6.60. The molecule has 148 valence electrons. The molecule has 0 spiro atoms. The van der Waals surface area contributed by atoms with E-state index in [1.54, 1.807) is 50.6 Å². The zero-order valence-corrected chi connectivity index (χ0v) is 17.3. The van der Waals surface area contributed by atoms with Crippen LogP contribution in [0.2, 0.25) is 0 Å². The number of hydrazone groups is 1. The number of nitrogens with zero attached hydrogens (tertiary/aromatic N) is 1. The third kappa shape index (κ3) is 6.38. The van der Waals surface area contributed by atoms with Crippen LogP contribution in [0.15, 0.2) is 52.0 Å². The topological polar surface area (TPSA) is 89.0 Å². The molecule has 2 amide bonds. The Balaban J connectivity index is 1.72. The first-order chi connectivity index (χ1) is 13.5. The van der Waals surface area contributed by atoms with Crippen LogP contribution >= 0.6 is 15.9 Å². The van der Waals surface area contributed by atoms with Crippen molar-refractivity contribution in [1.82, 2.24) is 10.7 Å². The van der Waals surface area contributed by atoms with E-state index in [2.05, 4.69) is 31.8 Å². The van der Waals surface area contributed by atoms with Crippen LogP contribution in [0, 0.1) is 0 Å². The van der Waals surface area contributed by atoms with Crippen molar-refractivity contribution < 1.29 is 19.1 Å². The number of ether oxygens (including phenoxy) is 2. The molecule has 0 fully saturated rings. The molecule has 0 radical (unpaired) electrons. The minimum Gasteiger partial charge on any atom is -0.493 e. The van der Waals surface area contributed by atoms with E-state index in [4.69, 9.17) is 9.47 Å². The van der Waals surface area contributed by atoms with E-state index in [1.807, 2.05) is 6.07 Å². The monoisotopic (exact) mass is 447 g/mol. The van der Waals surface area contributed by atoms with Crippen molar-refractivity contribution in [2.45, 2.75) is 12.8 Å². The SMILES string of the molecule is COc1ccc(/C=N/NC(=O)CCCNC(=O)c2ccccc2Br)cc1OC. The van der Waals surface area contributed by atoms with Gasteiger partial charge in [0.15, 0.2) is 11.5 Å². The molecule has 0 atom stereocenters. The Morgan fingerprint density at radius 1 is 1.11 bits per heavy atom. The van der Waals surface area contributed by atoms with Gasteiger partial charge in [0.05, 0.1) is 26.0 Å². The van der Waals surface area contributed by atoms with E-state index >= 15 is 0 Å². The van der Waals surface area contributed by atoms with E-state index < -0.39 is 0 Å². The molecule has 0 aliphatic carbocycles. The third-order valence-electron chi connectivity index (χ3n) is 3.80. The molecule has 0 bridgehead atoms. The van der Waals surface area contributed by atoms with Crippen molar-refractivity contribution in [2.24, 2.45) is 5.10 Å². The standard InChI is InChI=1S/C20H22BrN3O4/c1-27-17-10-9-14(12-18(17)28-2)13-23-24-19(25)8-5-11-22-20(26)15-6-3-4-7-16(15)21/h3-4,6-7,9-10,12-13H,5,8,11H2,1-2H3,(H,22,26)(H,24,25)/b23-13+. The third-order valence-corrected chi connectivity index (χ3v) is 4.49. The Bertz CT molecular complexity index is 855. The summed E-state index contributed by atoms with van der Waals surface area (Å²) in [5.74, 6) is 0.790. The smallest absolute Gasteiger partial charge is 0.252 e. The predicted octanol–water partition coefficient (Wildman–Crippen LogP) is 3.13. The highest BCUT2D eigenvalue weighted by Gasteiger charge is 2.08. The Kier molecular flexibility index (Phi) is 8.48. The average Bonchev–Trinajstić information content (AvgIpc) is 2.71. The summed E-state index contributed by atoms with van der Waals surface area (Å²) in [4.78, 5) is 23.9. The highest BCUT2D eigenvalue weighted by atomic mass is 79.9. The number of rotatable bonds is 9. The Hall–Kier alpha value is -2.87. The molecule has 8 heteroatoms. The molecule has 2 aromatic rings. The van der Waals surface area contributed by atoms with Crippen LogP contribution < -0.4 is 20.2 Å². The normalized spacial score (nSPS) is 10.5. The fraction of sp³-hybridized carbons (Fsp3) is 0.250. The van der Waals surface area contributed by atoms with Gasteiger partial charge in [-0.05, 0) is 58.2 Å². The maximum absolute atomic E-state index is 12.1. The van der Waals surface area contributed by atoms with Crippen LogP contribution in [-0.2, 0) is 4.79 Å². The van der Waals surface area contributed by atoms with Gasteiger partial charge in [-0.15, -0.1) is 0 Å². The van der Waals surface area contributed by atoms with Crippen molar-refractivity contribution in [1.29, 1.82) is 0 Å². The molecule has 0 aromatic heterocycles. The molecular formula is C20H22BrN3O4. The Morgan fingerprint density at radius 3 is 2.57 bits per heavy atom. The number of benzene rings is 2. The van der Waals surface area contributed by atoms with Gasteiger partial charge in [0.2, 0.25) is 5.91 Å². The summed E-state index contributed by atoms with van der Waals surface area (Å²) >= 11 is 3.34. The molecule has 0 aliphatic heterocycles. The van der Waals surface area contributed by atoms with Gasteiger partial charge in [-0.2, -0.15) is 5.10 Å². The number of halogens is 1. The summed E-state index contributed by atoms with van der Waals surface area (Å²) in [6, 6.07) is 12.5. The first kappa shape index (κ1) is 21.4. The number of hydrogen-bond acceptors (Lipinski definition) is 5. The van der Waals surface area contributed by atoms with Gasteiger partial charge in [-0.25, -0.2) is 5.43 Å². The van der Waals surface area contributed by atoms with Crippen LogP contribution in [0.1, 0.15) is 28.8 Å². The zero-order valence-electron chi connectivity index (χ0n) is 15.7. The van der Waals surface area contributed by atoms with Crippen molar-refractivity contribution in [2.75, 3.05) is 20.8 Å². The first-order valence-electron chi connectivity index (χ1n) is 8.61. The number of amides is 2. The minimum absolute atomic E-state index is 0.181. The molecular weight excluding hydrogens is 426 g/mol. The lowest BCUT2D eigenvalue weighted by atomic mass is 10.2. The van der Waals surface area contributed by atoms with Gasteiger partial charge in [0, 0.05) is 17.4 Å². The Morgan fingerprint density at radius 2 is 1.86 bits per heavy atom. The quantitative estimate of drug-likeness (QED) is 0.351.